The van der Waals surface area contributed by atoms with Gasteiger partial charge < -0.3 is 114 Å². The molecule has 0 spiro atoms. The largest absolute Gasteiger partial charge is 0.508 e. The van der Waals surface area contributed by atoms with Gasteiger partial charge in [-0.15, -0.1) is 0 Å². The van der Waals surface area contributed by atoms with Crippen molar-refractivity contribution < 1.29 is 116 Å². The zero-order valence-corrected chi connectivity index (χ0v) is 68.3. The van der Waals surface area contributed by atoms with E-state index in [1.54, 1.807) is 54.6 Å². The van der Waals surface area contributed by atoms with Gasteiger partial charge in [0, 0.05) is 82.1 Å². The van der Waals surface area contributed by atoms with Gasteiger partial charge in [-0.05, 0) is 122 Å². The molecule has 4 aliphatic heterocycles. The summed E-state index contributed by atoms with van der Waals surface area (Å²) in [5, 5.41) is 76.2. The fourth-order valence-corrected chi connectivity index (χ4v) is 14.6. The van der Waals surface area contributed by atoms with Gasteiger partial charge in [0.15, 0.2) is 0 Å². The van der Waals surface area contributed by atoms with Crippen LogP contribution in [-0.2, 0) is 128 Å². The van der Waals surface area contributed by atoms with Gasteiger partial charge in [-0.1, -0.05) is 84.9 Å². The Kier molecular flexibility index (Phi) is 32.9. The second-order valence-corrected chi connectivity index (χ2v) is 30.7. The number of aromatic amines is 1. The lowest BCUT2D eigenvalue weighted by Crippen LogP contribution is -2.61. The summed E-state index contributed by atoms with van der Waals surface area (Å²) in [6.45, 7) is -0.997. The predicted molar refractivity (Wildman–Crippen MR) is 439 cm³/mol. The number of aliphatic carboxylic acids is 1. The summed E-state index contributed by atoms with van der Waals surface area (Å²) in [5.41, 5.74) is 2.44. The van der Waals surface area contributed by atoms with Gasteiger partial charge in [-0.3, -0.25) is 81.5 Å². The van der Waals surface area contributed by atoms with Crippen LogP contribution in [0.15, 0.2) is 134 Å². The van der Waals surface area contributed by atoms with Crippen molar-refractivity contribution in [2.24, 2.45) is 0 Å². The second-order valence-electron chi connectivity index (χ2n) is 30.7. The number of hydrogen-bond acceptors (Lipinski definition) is 23. The number of carbonyl (C=O) groups excluding carboxylic acids is 17. The highest BCUT2D eigenvalue weighted by molar-refractivity contribution is 6.02. The molecule has 5 aromatic carbocycles. The average Bonchev–Trinajstić information content (AvgIpc) is 1.70. The van der Waals surface area contributed by atoms with Crippen LogP contribution >= 0.6 is 0 Å². The SMILES string of the molecule is CC(=O)N[C@@H](Cc1ccc(O)cc1)C(=O)NCC(=O)NCC(=O)N[C@@H]1C(=O)N[C@@H](Cc2ccccc2)C(=O)N[C@H]2CCCCNC(=O)CC[C@@H](C(=O)N[C@@H](Cc3ccc(O)cc3)C(=O)O)NC(=O)[C@@H]3CCC(=O)OC[C@H](NC(=O)[C@@H]4CCCN4C(=O)[C@@H](Cc4ccc(O)cc4)NC2=O)C(=O)N[C@@H](CC(=O)O[C@@H]1C)C(=O)N[C@@H](Cc1c[nH]c2ccccc12)C(=O)N3. The molecule has 0 unspecified atom stereocenters. The molecule has 0 saturated carbocycles. The van der Waals surface area contributed by atoms with Crippen LogP contribution in [0.4, 0.5) is 0 Å². The second kappa shape index (κ2) is 44.3. The first-order chi connectivity index (χ1) is 59.8. The number of carbonyl (C=O) groups is 18. The van der Waals surface area contributed by atoms with Crippen LogP contribution in [0, 0.1) is 0 Å². The van der Waals surface area contributed by atoms with Crippen molar-refractivity contribution >= 4 is 117 Å². The number of ether oxygens (including phenoxy) is 2. The van der Waals surface area contributed by atoms with E-state index >= 15 is 47.9 Å². The number of H-pyrrole nitrogens is 1. The van der Waals surface area contributed by atoms with E-state index in [-0.39, 0.29) is 81.7 Å². The van der Waals surface area contributed by atoms with Crippen LogP contribution in [0.25, 0.3) is 10.9 Å². The molecule has 6 aromatic rings. The van der Waals surface area contributed by atoms with E-state index in [1.807, 2.05) is 0 Å². The smallest absolute Gasteiger partial charge is 0.326 e. The van der Waals surface area contributed by atoms with E-state index in [4.69, 9.17) is 9.47 Å². The number of aromatic nitrogens is 1. The van der Waals surface area contributed by atoms with Crippen LogP contribution in [0.3, 0.4) is 0 Å². The number of hydrogen-bond donors (Lipinski definition) is 19. The van der Waals surface area contributed by atoms with Gasteiger partial charge in [0.2, 0.25) is 88.6 Å². The predicted octanol–water partition coefficient (Wildman–Crippen LogP) is -2.79. The standard InChI is InChI=1S/C85H100N16O24/c1-45-73(100-70(108)43-88-69(107)42-89-74(111)60(90-46(2)102)36-48-17-23-52(103)24-18-48)83(120)96-61(35-47-11-4-3-5-12-47)78(115)91-57-15-8-9-33-86-68(106)31-29-58(77(114)98-65(85(122)123)38-50-21-27-54(105)28-22-50)92-76(113)59-30-32-71(109)124-44-66(99-82(119)67-16-10-34-101(67)84(121)64(97-75(57)112)37-49-19-25-53(104)26-20-49)81(118)95-63(40-72(110)125-45)80(117)94-62(79(116)93-59)39-51-41-87-56-14-7-6-13-55(51)56/h3-7,11-14,17-28,41,45,57-67,73,87,103-105H,8-10,15-16,29-40,42-44H2,1-2H3,(H,86,106)(H,88,107)(H,89,111)(H,90,102)(H,91,115)(H,92,113)(H,93,116)(H,94,117)(H,95,118)(H,96,120)(H,97,112)(H,98,114)(H,99,119)(H,100,108)(H,122,123)/t45-,57+,58+,59+,60+,61+,62+,63+,64-,65+,66+,67+,73+/m1/s1. The summed E-state index contributed by atoms with van der Waals surface area (Å²) in [6.07, 6.45) is -6.44. The first-order valence-corrected chi connectivity index (χ1v) is 40.7. The monoisotopic (exact) mass is 1730 g/mol. The number of esters is 2. The molecule has 15 amide bonds. The zero-order valence-electron chi connectivity index (χ0n) is 68.3. The van der Waals surface area contributed by atoms with Crippen molar-refractivity contribution in [2.45, 2.75) is 189 Å². The van der Waals surface area contributed by atoms with Gasteiger partial charge in [-0.25, -0.2) is 4.79 Å². The van der Waals surface area contributed by atoms with Crippen LogP contribution in [-0.4, -0.2) is 248 Å². The van der Waals surface area contributed by atoms with Crippen molar-refractivity contribution in [2.75, 3.05) is 32.8 Å². The molecule has 0 radical (unpaired) electrons. The topological polar surface area (TPSA) is 594 Å². The quantitative estimate of drug-likeness (QED) is 0.0344. The number of nitrogens with zero attached hydrogens (tertiary/aromatic N) is 1. The van der Waals surface area contributed by atoms with Crippen LogP contribution in [0.1, 0.15) is 106 Å². The number of phenols is 3. The summed E-state index contributed by atoms with van der Waals surface area (Å²) in [7, 11) is 0. The van der Waals surface area contributed by atoms with Gasteiger partial charge in [-0.2, -0.15) is 0 Å². The molecular weight excluding hydrogens is 1630 g/mol. The minimum absolute atomic E-state index is 0.00771. The highest BCUT2D eigenvalue weighted by atomic mass is 16.5. The third-order valence-corrected chi connectivity index (χ3v) is 21.3. The minimum atomic E-state index is -2.27. The molecule has 40 nitrogen and oxygen atoms in total. The molecular formula is C85H100N16O24. The van der Waals surface area contributed by atoms with Gasteiger partial charge in [0.05, 0.1) is 19.5 Å². The average molecular weight is 1730 g/mol. The summed E-state index contributed by atoms with van der Waals surface area (Å²) in [6, 6.07) is 9.61. The maximum Gasteiger partial charge on any atom is 0.326 e. The number of rotatable bonds is 20. The van der Waals surface area contributed by atoms with Crippen LogP contribution in [0.2, 0.25) is 0 Å². The zero-order chi connectivity index (χ0) is 90.0. The maximum absolute atomic E-state index is 15.6. The first-order valence-electron chi connectivity index (χ1n) is 40.7. The molecule has 4 aliphatic rings. The lowest BCUT2D eigenvalue weighted by Gasteiger charge is -2.31. The summed E-state index contributed by atoms with van der Waals surface area (Å²) < 4.78 is 11.6. The summed E-state index contributed by atoms with van der Waals surface area (Å²) in [5.74, 6) is -20.8. The molecule has 13 atom stereocenters. The Morgan fingerprint density at radius 1 is 0.504 bits per heavy atom. The Labute approximate surface area is 715 Å². The number of nitrogens with one attached hydrogen (secondary N) is 15. The van der Waals surface area contributed by atoms with E-state index in [2.05, 4.69) is 79.4 Å². The number of para-hydroxylation sites is 1. The molecule has 4 saturated heterocycles. The number of cyclic esters (lactones) is 1. The third-order valence-electron chi connectivity index (χ3n) is 21.3. The molecule has 40 heteroatoms. The number of carboxylic acid groups (broad SMARTS) is 1. The fourth-order valence-electron chi connectivity index (χ4n) is 14.6. The molecule has 4 bridgehead atoms. The number of amides is 15. The molecule has 4 fully saturated rings. The number of benzene rings is 5. The lowest BCUT2D eigenvalue weighted by molar-refractivity contribution is -0.154. The van der Waals surface area contributed by atoms with Crippen molar-refractivity contribution in [1.29, 1.82) is 0 Å². The highest BCUT2D eigenvalue weighted by Gasteiger charge is 2.44. The molecule has 0 aliphatic carbocycles. The molecule has 664 valence electrons. The van der Waals surface area contributed by atoms with Gasteiger partial charge in [0.1, 0.15) is 102 Å². The van der Waals surface area contributed by atoms with Crippen molar-refractivity contribution in [3.8, 4) is 17.2 Å². The maximum atomic E-state index is 15.6. The number of carboxylic acids is 1. The highest BCUT2D eigenvalue weighted by Crippen LogP contribution is 2.25. The van der Waals surface area contributed by atoms with Crippen molar-refractivity contribution in [3.05, 3.63) is 161 Å². The Morgan fingerprint density at radius 3 is 1.72 bits per heavy atom. The normalized spacial score (nSPS) is 23.2. The van der Waals surface area contributed by atoms with Crippen molar-refractivity contribution in [3.63, 3.8) is 0 Å². The van der Waals surface area contributed by atoms with Crippen molar-refractivity contribution in [1.82, 2.24) is 84.3 Å². The molecule has 125 heavy (non-hydrogen) atoms. The lowest BCUT2D eigenvalue weighted by atomic mass is 10.0. The summed E-state index contributed by atoms with van der Waals surface area (Å²) >= 11 is 0. The summed E-state index contributed by atoms with van der Waals surface area (Å²) in [4.78, 5) is 267. The number of aromatic hydroxyl groups is 3. The Bertz CT molecular complexity index is 4970. The molecule has 1 aromatic heterocycles. The molecule has 5 heterocycles. The Balaban J connectivity index is 1.07. The Morgan fingerprint density at radius 2 is 1.06 bits per heavy atom. The van der Waals surface area contributed by atoms with Crippen LogP contribution in [0.5, 0.6) is 17.2 Å². The van der Waals surface area contributed by atoms with Crippen LogP contribution < -0.4 is 74.4 Å². The van der Waals surface area contributed by atoms with E-state index in [9.17, 15) is 58.8 Å². The van der Waals surface area contributed by atoms with Gasteiger partial charge >= 0.3 is 17.9 Å². The van der Waals surface area contributed by atoms with E-state index in [1.165, 1.54) is 79.0 Å². The molecule has 10 rings (SSSR count). The first kappa shape index (κ1) is 92.8. The Hall–Kier alpha value is -14.5. The molecule has 19 N–H and O–H groups in total. The van der Waals surface area contributed by atoms with Gasteiger partial charge in [0.25, 0.3) is 0 Å². The third kappa shape index (κ3) is 27.5. The van der Waals surface area contributed by atoms with E-state index < -0.39 is 250 Å². The number of phenolic OH excluding ortho intramolecular Hbond substituents is 3. The minimum Gasteiger partial charge on any atom is -0.508 e. The fraction of sp³-hybridized carbons (Fsp3) is 0.412. The van der Waals surface area contributed by atoms with E-state index in [0.717, 1.165) is 18.7 Å². The van der Waals surface area contributed by atoms with E-state index in [0.29, 0.717) is 38.7 Å². The number of fused-ring (bicyclic) bond motifs is 13.